The average molecular weight is 522 g/mol. The quantitative estimate of drug-likeness (QED) is 0.215. The van der Waals surface area contributed by atoms with Crippen molar-refractivity contribution in [2.24, 2.45) is 0 Å². The van der Waals surface area contributed by atoms with Gasteiger partial charge in [0.15, 0.2) is 22.2 Å². The Morgan fingerprint density at radius 3 is 2.82 bits per heavy atom. The van der Waals surface area contributed by atoms with Crippen molar-refractivity contribution in [1.82, 2.24) is 19.7 Å². The highest BCUT2D eigenvalue weighted by atomic mass is 35.5. The van der Waals surface area contributed by atoms with Gasteiger partial charge in [-0.3, -0.25) is 9.36 Å². The van der Waals surface area contributed by atoms with Gasteiger partial charge in [-0.15, -0.1) is 16.8 Å². The number of nitrogens with one attached hydrogen (secondary N) is 1. The number of para-hydroxylation sites is 1. The van der Waals surface area contributed by atoms with Gasteiger partial charge in [0.2, 0.25) is 5.91 Å². The van der Waals surface area contributed by atoms with Gasteiger partial charge in [0.25, 0.3) is 0 Å². The smallest absolute Gasteiger partial charge is 0.350 e. The molecule has 1 atom stereocenters. The molecule has 1 aromatic carbocycles. The molecule has 0 saturated heterocycles. The van der Waals surface area contributed by atoms with Crippen molar-refractivity contribution in [3.63, 3.8) is 0 Å². The van der Waals surface area contributed by atoms with Crippen LogP contribution in [0.5, 0.6) is 5.75 Å². The molecule has 1 unspecified atom stereocenters. The van der Waals surface area contributed by atoms with Crippen molar-refractivity contribution in [2.45, 2.75) is 38.6 Å². The monoisotopic (exact) mass is 521 g/mol. The number of thiazole rings is 1. The molecular formula is C22H24ClN5O4S2. The lowest BCUT2D eigenvalue weighted by molar-refractivity contribution is -0.113. The van der Waals surface area contributed by atoms with Gasteiger partial charge in [-0.25, -0.2) is 9.78 Å². The van der Waals surface area contributed by atoms with Crippen LogP contribution in [0.2, 0.25) is 5.02 Å². The van der Waals surface area contributed by atoms with Crippen LogP contribution in [-0.4, -0.2) is 44.0 Å². The standard InChI is InChI=1S/C22H24ClN5O4S2/c1-5-11-28-19(14(4)32-16-10-8-7-9-15(16)23)26-27-22(28)33-12-17(29)25-21-24-13(3)18(34-21)20(30)31-6-2/h5,7-10,14H,1,6,11-12H2,2-4H3,(H,24,25,29). The van der Waals surface area contributed by atoms with E-state index in [1.54, 1.807) is 32.1 Å². The molecule has 1 N–H and O–H groups in total. The minimum atomic E-state index is -0.453. The van der Waals surface area contributed by atoms with Gasteiger partial charge in [-0.2, -0.15) is 0 Å². The van der Waals surface area contributed by atoms with Crippen LogP contribution in [0.4, 0.5) is 5.13 Å². The maximum atomic E-state index is 12.5. The van der Waals surface area contributed by atoms with E-state index in [-0.39, 0.29) is 18.3 Å². The zero-order valence-electron chi connectivity index (χ0n) is 18.9. The minimum Gasteiger partial charge on any atom is -0.481 e. The minimum absolute atomic E-state index is 0.0718. The number of carbonyl (C=O) groups excluding carboxylic acids is 2. The zero-order valence-corrected chi connectivity index (χ0v) is 21.3. The second kappa shape index (κ2) is 12.0. The normalized spacial score (nSPS) is 11.6. The van der Waals surface area contributed by atoms with E-state index in [0.29, 0.717) is 44.0 Å². The Morgan fingerprint density at radius 2 is 2.12 bits per heavy atom. The molecule has 3 aromatic rings. The Labute approximate surface area is 210 Å². The molecule has 0 fully saturated rings. The summed E-state index contributed by atoms with van der Waals surface area (Å²) >= 11 is 8.49. The largest absolute Gasteiger partial charge is 0.481 e. The predicted octanol–water partition coefficient (Wildman–Crippen LogP) is 4.93. The Morgan fingerprint density at radius 1 is 1.35 bits per heavy atom. The summed E-state index contributed by atoms with van der Waals surface area (Å²) in [6, 6.07) is 7.19. The summed E-state index contributed by atoms with van der Waals surface area (Å²) in [5.41, 5.74) is 0.509. The number of aryl methyl sites for hydroxylation is 1. The first-order chi connectivity index (χ1) is 16.3. The topological polar surface area (TPSA) is 108 Å². The van der Waals surface area contributed by atoms with E-state index in [0.717, 1.165) is 11.3 Å². The van der Waals surface area contributed by atoms with Crippen molar-refractivity contribution in [2.75, 3.05) is 17.7 Å². The number of rotatable bonds is 11. The Hall–Kier alpha value is -2.89. The highest BCUT2D eigenvalue weighted by Gasteiger charge is 2.21. The van der Waals surface area contributed by atoms with E-state index < -0.39 is 12.1 Å². The number of amides is 1. The van der Waals surface area contributed by atoms with Crippen LogP contribution in [0.25, 0.3) is 0 Å². The molecule has 2 heterocycles. The van der Waals surface area contributed by atoms with Crippen molar-refractivity contribution in [3.05, 3.63) is 58.3 Å². The van der Waals surface area contributed by atoms with Gasteiger partial charge in [-0.05, 0) is 32.9 Å². The van der Waals surface area contributed by atoms with Gasteiger partial charge < -0.3 is 14.8 Å². The number of aromatic nitrogens is 4. The van der Waals surface area contributed by atoms with E-state index >= 15 is 0 Å². The number of nitrogens with zero attached hydrogens (tertiary/aromatic N) is 4. The summed E-state index contributed by atoms with van der Waals surface area (Å²) in [6.07, 6.45) is 1.28. The van der Waals surface area contributed by atoms with Crippen LogP contribution in [0.3, 0.4) is 0 Å². The molecule has 0 aliphatic rings. The van der Waals surface area contributed by atoms with E-state index in [9.17, 15) is 9.59 Å². The number of ether oxygens (including phenoxy) is 2. The molecule has 9 nitrogen and oxygen atoms in total. The van der Waals surface area contributed by atoms with Crippen LogP contribution in [0.15, 0.2) is 42.1 Å². The Balaban J connectivity index is 1.65. The Bertz CT molecular complexity index is 1180. The van der Waals surface area contributed by atoms with Gasteiger partial charge in [0.05, 0.1) is 23.1 Å². The number of hydrogen-bond donors (Lipinski definition) is 1. The second-order valence-corrected chi connectivity index (χ2v) is 9.27. The third-order valence-corrected chi connectivity index (χ3v) is 6.73. The summed E-state index contributed by atoms with van der Waals surface area (Å²) in [4.78, 5) is 29.0. The molecule has 180 valence electrons. The number of benzene rings is 1. The molecule has 12 heteroatoms. The van der Waals surface area contributed by atoms with Crippen molar-refractivity contribution < 1.29 is 19.1 Å². The van der Waals surface area contributed by atoms with Gasteiger partial charge in [-0.1, -0.05) is 52.9 Å². The fourth-order valence-corrected chi connectivity index (χ4v) is 4.72. The van der Waals surface area contributed by atoms with Crippen molar-refractivity contribution in [1.29, 1.82) is 0 Å². The number of carbonyl (C=O) groups is 2. The summed E-state index contributed by atoms with van der Waals surface area (Å²) in [5.74, 6) is 0.453. The molecule has 0 aliphatic heterocycles. The lowest BCUT2D eigenvalue weighted by Gasteiger charge is -2.16. The fourth-order valence-electron chi connectivity index (χ4n) is 2.91. The van der Waals surface area contributed by atoms with Crippen LogP contribution < -0.4 is 10.1 Å². The van der Waals surface area contributed by atoms with Crippen LogP contribution in [0, 0.1) is 6.92 Å². The Kier molecular flexibility index (Phi) is 9.08. The molecular weight excluding hydrogens is 498 g/mol. The first-order valence-electron chi connectivity index (χ1n) is 10.4. The van der Waals surface area contributed by atoms with Crippen molar-refractivity contribution in [3.8, 4) is 5.75 Å². The first kappa shape index (κ1) is 25.7. The van der Waals surface area contributed by atoms with E-state index in [4.69, 9.17) is 21.1 Å². The molecule has 0 radical (unpaired) electrons. The summed E-state index contributed by atoms with van der Waals surface area (Å²) < 4.78 is 12.8. The molecule has 3 rings (SSSR count). The van der Waals surface area contributed by atoms with Gasteiger partial charge in [0.1, 0.15) is 10.6 Å². The predicted molar refractivity (Wildman–Crippen MR) is 133 cm³/mol. The second-order valence-electron chi connectivity index (χ2n) is 6.92. The number of halogens is 1. The maximum absolute atomic E-state index is 12.5. The van der Waals surface area contributed by atoms with Crippen LogP contribution in [-0.2, 0) is 16.1 Å². The summed E-state index contributed by atoms with van der Waals surface area (Å²) in [7, 11) is 0. The van der Waals surface area contributed by atoms with E-state index in [1.807, 2.05) is 23.6 Å². The summed E-state index contributed by atoms with van der Waals surface area (Å²) in [6.45, 7) is 9.77. The average Bonchev–Trinajstić information content (AvgIpc) is 3.37. The zero-order chi connectivity index (χ0) is 24.7. The summed E-state index contributed by atoms with van der Waals surface area (Å²) in [5, 5.41) is 12.6. The van der Waals surface area contributed by atoms with E-state index in [2.05, 4.69) is 27.1 Å². The SMILES string of the molecule is C=CCn1c(SCC(=O)Nc2nc(C)c(C(=O)OCC)s2)nnc1C(C)Oc1ccccc1Cl. The first-order valence-corrected chi connectivity index (χ1v) is 12.5. The third kappa shape index (κ3) is 6.37. The number of esters is 1. The number of thioether (sulfide) groups is 1. The third-order valence-electron chi connectivity index (χ3n) is 4.40. The van der Waals surface area contributed by atoms with Crippen molar-refractivity contribution >= 4 is 51.7 Å². The van der Waals surface area contributed by atoms with Gasteiger partial charge in [0, 0.05) is 6.54 Å². The molecule has 0 spiro atoms. The van der Waals surface area contributed by atoms with Crippen LogP contribution >= 0.6 is 34.7 Å². The number of allylic oxidation sites excluding steroid dienone is 1. The number of hydrogen-bond acceptors (Lipinski definition) is 9. The highest BCUT2D eigenvalue weighted by Crippen LogP contribution is 2.30. The van der Waals surface area contributed by atoms with E-state index in [1.165, 1.54) is 11.8 Å². The molecule has 2 aromatic heterocycles. The molecule has 0 saturated carbocycles. The van der Waals surface area contributed by atoms with Gasteiger partial charge >= 0.3 is 5.97 Å². The molecule has 1 amide bonds. The fraction of sp³-hybridized carbons (Fsp3) is 0.318. The lowest BCUT2D eigenvalue weighted by atomic mass is 10.3. The molecule has 0 bridgehead atoms. The van der Waals surface area contributed by atoms with Crippen LogP contribution in [0.1, 0.15) is 41.1 Å². The highest BCUT2D eigenvalue weighted by molar-refractivity contribution is 7.99. The lowest BCUT2D eigenvalue weighted by Crippen LogP contribution is -2.15. The molecule has 34 heavy (non-hydrogen) atoms. The maximum Gasteiger partial charge on any atom is 0.350 e. The molecule has 0 aliphatic carbocycles. The number of anilines is 1.